The third-order valence-electron chi connectivity index (χ3n) is 3.87. The molecule has 1 fully saturated rings. The van der Waals surface area contributed by atoms with Crippen molar-refractivity contribution in [3.63, 3.8) is 0 Å². The molecular formula is C15H19F2NO4. The second-order valence-corrected chi connectivity index (χ2v) is 5.42. The van der Waals surface area contributed by atoms with Crippen LogP contribution in [0, 0.1) is 5.92 Å². The zero-order valence-corrected chi connectivity index (χ0v) is 12.7. The third kappa shape index (κ3) is 3.14. The minimum Gasteiger partial charge on any atom is -0.493 e. The number of aliphatic carboxylic acids is 1. The van der Waals surface area contributed by atoms with Crippen molar-refractivity contribution in [1.29, 1.82) is 0 Å². The number of alkyl halides is 2. The first-order valence-electron chi connectivity index (χ1n) is 6.88. The highest BCUT2D eigenvalue weighted by Crippen LogP contribution is 2.43. The molecule has 2 rings (SSSR count). The van der Waals surface area contributed by atoms with Crippen LogP contribution >= 0.6 is 0 Å². The lowest BCUT2D eigenvalue weighted by molar-refractivity contribution is -0.141. The average Bonchev–Trinajstić information content (AvgIpc) is 2.94. The number of nitrogens with one attached hydrogen (secondary N) is 1. The van der Waals surface area contributed by atoms with Gasteiger partial charge in [0.1, 0.15) is 0 Å². The van der Waals surface area contributed by atoms with E-state index in [2.05, 4.69) is 5.32 Å². The van der Waals surface area contributed by atoms with Crippen LogP contribution in [0.4, 0.5) is 8.78 Å². The Hall–Kier alpha value is -1.89. The van der Waals surface area contributed by atoms with Crippen LogP contribution in [0.3, 0.4) is 0 Å². The lowest BCUT2D eigenvalue weighted by Gasteiger charge is -2.21. The Morgan fingerprint density at radius 1 is 1.36 bits per heavy atom. The van der Waals surface area contributed by atoms with Gasteiger partial charge in [0.2, 0.25) is 0 Å². The molecule has 22 heavy (non-hydrogen) atoms. The van der Waals surface area contributed by atoms with E-state index < -0.39 is 17.8 Å². The quantitative estimate of drug-likeness (QED) is 0.874. The van der Waals surface area contributed by atoms with E-state index in [0.29, 0.717) is 17.7 Å². The lowest BCUT2D eigenvalue weighted by Crippen LogP contribution is -2.18. The van der Waals surface area contributed by atoms with E-state index in [1.54, 1.807) is 0 Å². The molecule has 1 aromatic carbocycles. The summed E-state index contributed by atoms with van der Waals surface area (Å²) in [5.41, 5.74) is 0.294. The largest absolute Gasteiger partial charge is 0.493 e. The zero-order valence-electron chi connectivity index (χ0n) is 12.7. The molecule has 1 aliphatic rings. The predicted octanol–water partition coefficient (Wildman–Crippen LogP) is 2.55. The number of hydrogen-bond acceptors (Lipinski definition) is 4. The maximum atomic E-state index is 13.7. The van der Waals surface area contributed by atoms with Gasteiger partial charge in [0.05, 0.1) is 20.1 Å². The van der Waals surface area contributed by atoms with Crippen molar-refractivity contribution in [2.75, 3.05) is 20.8 Å². The fourth-order valence-electron chi connectivity index (χ4n) is 2.67. The molecule has 122 valence electrons. The number of methoxy groups -OCH3 is 2. The molecule has 0 bridgehead atoms. The van der Waals surface area contributed by atoms with Gasteiger partial charge in [-0.15, -0.1) is 0 Å². The summed E-state index contributed by atoms with van der Waals surface area (Å²) in [6.45, 7) is 1.10. The maximum absolute atomic E-state index is 13.7. The van der Waals surface area contributed by atoms with Gasteiger partial charge < -0.3 is 19.9 Å². The highest BCUT2D eigenvalue weighted by atomic mass is 19.3. The van der Waals surface area contributed by atoms with E-state index >= 15 is 0 Å². The van der Waals surface area contributed by atoms with E-state index in [1.807, 2.05) is 0 Å². The minimum atomic E-state index is -3.03. The van der Waals surface area contributed by atoms with Crippen molar-refractivity contribution in [2.45, 2.75) is 25.3 Å². The van der Waals surface area contributed by atoms with Gasteiger partial charge in [0, 0.05) is 30.6 Å². The Morgan fingerprint density at radius 2 is 2.05 bits per heavy atom. The number of carboxylic acid groups (broad SMARTS) is 1. The van der Waals surface area contributed by atoms with Gasteiger partial charge in [-0.1, -0.05) is 0 Å². The first-order valence-corrected chi connectivity index (χ1v) is 6.88. The Morgan fingerprint density at radius 3 is 2.50 bits per heavy atom. The molecule has 1 aromatic rings. The van der Waals surface area contributed by atoms with Crippen LogP contribution in [-0.4, -0.2) is 31.8 Å². The molecule has 0 spiro atoms. The van der Waals surface area contributed by atoms with E-state index in [9.17, 15) is 13.6 Å². The fourth-order valence-corrected chi connectivity index (χ4v) is 2.67. The molecule has 5 nitrogen and oxygen atoms in total. The topological polar surface area (TPSA) is 67.8 Å². The van der Waals surface area contributed by atoms with Gasteiger partial charge in [0.15, 0.2) is 11.5 Å². The standard InChI is InChI=1S/C15H19F2NO4/c1-15(16,17)9-5-10(13(22-3)12(6-9)21-2)11-4-8(7-18-11)14(19)20/h5-6,8,11,18H,4,7H2,1-3H3,(H,19,20). The number of halogens is 2. The number of ether oxygens (including phenoxy) is 2. The molecule has 2 atom stereocenters. The second kappa shape index (κ2) is 6.08. The molecule has 2 unspecified atom stereocenters. The van der Waals surface area contributed by atoms with Crippen LogP contribution in [-0.2, 0) is 10.7 Å². The molecule has 1 saturated heterocycles. The Balaban J connectivity index is 2.47. The first-order chi connectivity index (χ1) is 10.3. The Kier molecular flexibility index (Phi) is 4.55. The molecule has 0 aliphatic carbocycles. The normalized spacial score (nSPS) is 21.7. The summed E-state index contributed by atoms with van der Waals surface area (Å²) in [6.07, 6.45) is 0.313. The first kappa shape index (κ1) is 16.5. The van der Waals surface area contributed by atoms with Crippen molar-refractivity contribution in [3.8, 4) is 11.5 Å². The number of carbonyl (C=O) groups is 1. The van der Waals surface area contributed by atoms with Crippen LogP contribution in [0.15, 0.2) is 12.1 Å². The van der Waals surface area contributed by atoms with Crippen LogP contribution in [0.25, 0.3) is 0 Å². The van der Waals surface area contributed by atoms with Gasteiger partial charge in [-0.2, -0.15) is 0 Å². The molecule has 7 heteroatoms. The summed E-state index contributed by atoms with van der Waals surface area (Å²) < 4.78 is 37.8. The summed E-state index contributed by atoms with van der Waals surface area (Å²) in [7, 11) is 2.80. The van der Waals surface area contributed by atoms with E-state index in [0.717, 1.165) is 6.92 Å². The Labute approximate surface area is 127 Å². The summed E-state index contributed by atoms with van der Waals surface area (Å²) in [5.74, 6) is -3.93. The smallest absolute Gasteiger partial charge is 0.307 e. The fraction of sp³-hybridized carbons (Fsp3) is 0.533. The van der Waals surface area contributed by atoms with Crippen molar-refractivity contribution in [3.05, 3.63) is 23.3 Å². The van der Waals surface area contributed by atoms with Gasteiger partial charge >= 0.3 is 5.97 Å². The van der Waals surface area contributed by atoms with Gasteiger partial charge in [0.25, 0.3) is 5.92 Å². The highest BCUT2D eigenvalue weighted by Gasteiger charge is 2.35. The van der Waals surface area contributed by atoms with Gasteiger partial charge in [-0.05, 0) is 18.6 Å². The summed E-state index contributed by atoms with van der Waals surface area (Å²) in [6, 6.07) is 2.22. The van der Waals surface area contributed by atoms with E-state index in [4.69, 9.17) is 14.6 Å². The number of hydrogen-bond donors (Lipinski definition) is 2. The van der Waals surface area contributed by atoms with Crippen LogP contribution in [0.1, 0.15) is 30.5 Å². The van der Waals surface area contributed by atoms with E-state index in [1.165, 1.54) is 26.4 Å². The molecule has 1 heterocycles. The Bertz CT molecular complexity index is 571. The van der Waals surface area contributed by atoms with E-state index in [-0.39, 0.29) is 23.9 Å². The van der Waals surface area contributed by atoms with Crippen molar-refractivity contribution < 1.29 is 28.2 Å². The average molecular weight is 315 g/mol. The van der Waals surface area contributed by atoms with Gasteiger partial charge in [-0.3, -0.25) is 4.79 Å². The molecular weight excluding hydrogens is 296 g/mol. The second-order valence-electron chi connectivity index (χ2n) is 5.42. The molecule has 0 aromatic heterocycles. The van der Waals surface area contributed by atoms with Crippen LogP contribution in [0.5, 0.6) is 11.5 Å². The number of carboxylic acids is 1. The third-order valence-corrected chi connectivity index (χ3v) is 3.87. The molecule has 2 N–H and O–H groups in total. The van der Waals surface area contributed by atoms with Crippen LogP contribution < -0.4 is 14.8 Å². The van der Waals surface area contributed by atoms with Crippen molar-refractivity contribution in [2.24, 2.45) is 5.92 Å². The van der Waals surface area contributed by atoms with Crippen molar-refractivity contribution in [1.82, 2.24) is 5.32 Å². The SMILES string of the molecule is COc1cc(C(C)(F)F)cc(C2CC(C(=O)O)CN2)c1OC. The van der Waals surface area contributed by atoms with Crippen LogP contribution in [0.2, 0.25) is 0 Å². The highest BCUT2D eigenvalue weighted by molar-refractivity contribution is 5.71. The molecule has 0 amide bonds. The predicted molar refractivity (Wildman–Crippen MR) is 75.6 cm³/mol. The molecule has 1 aliphatic heterocycles. The molecule has 0 radical (unpaired) electrons. The number of benzene rings is 1. The van der Waals surface area contributed by atoms with Gasteiger partial charge in [-0.25, -0.2) is 8.78 Å². The zero-order chi connectivity index (χ0) is 16.5. The number of rotatable bonds is 5. The summed E-state index contributed by atoms with van der Waals surface area (Å²) in [5, 5.41) is 12.1. The minimum absolute atomic E-state index is 0.194. The van der Waals surface area contributed by atoms with Crippen molar-refractivity contribution >= 4 is 5.97 Å². The lowest BCUT2D eigenvalue weighted by atomic mass is 9.95. The summed E-state index contributed by atoms with van der Waals surface area (Å²) >= 11 is 0. The molecule has 0 saturated carbocycles. The monoisotopic (exact) mass is 315 g/mol. The maximum Gasteiger partial charge on any atom is 0.307 e. The summed E-state index contributed by atoms with van der Waals surface area (Å²) in [4.78, 5) is 11.1.